The van der Waals surface area contributed by atoms with Gasteiger partial charge in [-0.05, 0) is 55.9 Å². The molecule has 29 heavy (non-hydrogen) atoms. The van der Waals surface area contributed by atoms with Gasteiger partial charge in [-0.3, -0.25) is 4.98 Å². The highest BCUT2D eigenvalue weighted by Crippen LogP contribution is 2.34. The van der Waals surface area contributed by atoms with E-state index in [0.29, 0.717) is 37.0 Å². The maximum Gasteiger partial charge on any atom is 0.407 e. The molecule has 0 saturated carbocycles. The van der Waals surface area contributed by atoms with Crippen LogP contribution in [0.15, 0.2) is 47.2 Å². The van der Waals surface area contributed by atoms with Crippen molar-refractivity contribution in [1.82, 2.24) is 15.0 Å². The zero-order valence-corrected chi connectivity index (χ0v) is 16.1. The predicted octanol–water partition coefficient (Wildman–Crippen LogP) is 4.52. The highest BCUT2D eigenvalue weighted by Gasteiger charge is 2.22. The van der Waals surface area contributed by atoms with Gasteiger partial charge in [-0.25, -0.2) is 4.79 Å². The van der Waals surface area contributed by atoms with E-state index in [1.165, 1.54) is 4.90 Å². The zero-order chi connectivity index (χ0) is 20.1. The highest BCUT2D eigenvalue weighted by atomic mass is 16.5. The smallest absolute Gasteiger partial charge is 0.407 e. The topological polar surface area (TPSA) is 101 Å². The number of benzene rings is 1. The normalized spacial score (nSPS) is 14.8. The summed E-state index contributed by atoms with van der Waals surface area (Å²) in [5.74, 6) is 1.89. The Bertz CT molecular complexity index is 952. The van der Waals surface area contributed by atoms with E-state index in [-0.39, 0.29) is 0 Å². The second-order valence-electron chi connectivity index (χ2n) is 7.23. The van der Waals surface area contributed by atoms with Crippen LogP contribution >= 0.6 is 0 Å². The van der Waals surface area contributed by atoms with E-state index in [1.54, 1.807) is 12.4 Å². The van der Waals surface area contributed by atoms with E-state index >= 15 is 0 Å². The number of amides is 1. The molecule has 1 amide bonds. The number of rotatable bonds is 7. The number of likely N-dealkylation sites (tertiary alicyclic amines) is 1. The molecule has 1 aliphatic heterocycles. The lowest BCUT2D eigenvalue weighted by Gasteiger charge is -2.29. The lowest BCUT2D eigenvalue weighted by Crippen LogP contribution is -2.37. The van der Waals surface area contributed by atoms with Crippen molar-refractivity contribution in [3.8, 4) is 5.75 Å². The average Bonchev–Trinajstić information content (AvgIpc) is 3.16. The van der Waals surface area contributed by atoms with E-state index < -0.39 is 6.09 Å². The van der Waals surface area contributed by atoms with Crippen LogP contribution in [0.25, 0.3) is 11.0 Å². The lowest BCUT2D eigenvalue weighted by atomic mass is 9.92. The summed E-state index contributed by atoms with van der Waals surface area (Å²) < 4.78 is 11.5. The molecule has 0 bridgehead atoms. The Morgan fingerprint density at radius 3 is 2.90 bits per heavy atom. The standard InChI is InChI=1S/C21H24N4O4/c26-21(27)25-11-8-15(9-12-25)4-3-13-28-17-6-1-7-18-19(17)20(24-29-18)23-16-5-2-10-22-14-16/h1-2,5-7,10,14-15H,3-4,8-9,11-13H2,(H,23,24)(H,26,27). The average molecular weight is 396 g/mol. The van der Waals surface area contributed by atoms with Gasteiger partial charge in [0.2, 0.25) is 0 Å². The first-order valence-corrected chi connectivity index (χ1v) is 9.87. The number of aromatic nitrogens is 2. The molecule has 3 heterocycles. The third-order valence-electron chi connectivity index (χ3n) is 5.28. The number of anilines is 2. The molecule has 1 aromatic carbocycles. The van der Waals surface area contributed by atoms with Crippen molar-refractivity contribution >= 4 is 28.6 Å². The van der Waals surface area contributed by atoms with Gasteiger partial charge in [0.1, 0.15) is 11.1 Å². The number of piperidine rings is 1. The molecule has 3 aromatic rings. The van der Waals surface area contributed by atoms with Gasteiger partial charge in [-0.15, -0.1) is 0 Å². The van der Waals surface area contributed by atoms with Crippen LogP contribution in [0.3, 0.4) is 0 Å². The van der Waals surface area contributed by atoms with Gasteiger partial charge in [-0.2, -0.15) is 0 Å². The minimum absolute atomic E-state index is 0.559. The fraction of sp³-hybridized carbons (Fsp3) is 0.381. The number of carbonyl (C=O) groups is 1. The van der Waals surface area contributed by atoms with Gasteiger partial charge < -0.3 is 24.6 Å². The van der Waals surface area contributed by atoms with Crippen LogP contribution < -0.4 is 10.1 Å². The number of ether oxygens (including phenoxy) is 1. The number of hydrogen-bond donors (Lipinski definition) is 2. The first kappa shape index (κ1) is 19.0. The van der Waals surface area contributed by atoms with Crippen LogP contribution in [0.2, 0.25) is 0 Å². The third kappa shape index (κ3) is 4.59. The van der Waals surface area contributed by atoms with Gasteiger partial charge in [0.25, 0.3) is 0 Å². The minimum Gasteiger partial charge on any atom is -0.493 e. The number of fused-ring (bicyclic) bond motifs is 1. The van der Waals surface area contributed by atoms with E-state index in [9.17, 15) is 4.79 Å². The Kier molecular flexibility index (Phi) is 5.79. The predicted molar refractivity (Wildman–Crippen MR) is 109 cm³/mol. The van der Waals surface area contributed by atoms with E-state index in [4.69, 9.17) is 14.4 Å². The second kappa shape index (κ2) is 8.81. The van der Waals surface area contributed by atoms with Gasteiger partial charge >= 0.3 is 6.09 Å². The quantitative estimate of drug-likeness (QED) is 0.566. The van der Waals surface area contributed by atoms with Gasteiger partial charge in [0.15, 0.2) is 11.4 Å². The minimum atomic E-state index is -0.815. The molecular formula is C21H24N4O4. The van der Waals surface area contributed by atoms with Crippen molar-refractivity contribution in [3.05, 3.63) is 42.7 Å². The van der Waals surface area contributed by atoms with Crippen molar-refractivity contribution in [2.75, 3.05) is 25.0 Å². The van der Waals surface area contributed by atoms with E-state index in [0.717, 1.165) is 42.5 Å². The number of nitrogens with zero attached hydrogens (tertiary/aromatic N) is 3. The number of hydrogen-bond acceptors (Lipinski definition) is 6. The summed E-state index contributed by atoms with van der Waals surface area (Å²) in [6, 6.07) is 9.42. The Morgan fingerprint density at radius 1 is 1.28 bits per heavy atom. The van der Waals surface area contributed by atoms with Crippen molar-refractivity contribution in [2.45, 2.75) is 25.7 Å². The lowest BCUT2D eigenvalue weighted by molar-refractivity contribution is 0.121. The van der Waals surface area contributed by atoms with Crippen LogP contribution in [-0.4, -0.2) is 45.9 Å². The van der Waals surface area contributed by atoms with Crippen molar-refractivity contribution in [1.29, 1.82) is 0 Å². The fourth-order valence-corrected chi connectivity index (χ4v) is 3.71. The summed E-state index contributed by atoms with van der Waals surface area (Å²) >= 11 is 0. The van der Waals surface area contributed by atoms with Gasteiger partial charge in [0, 0.05) is 19.3 Å². The number of pyridine rings is 1. The highest BCUT2D eigenvalue weighted by molar-refractivity contribution is 5.95. The number of carboxylic acid groups (broad SMARTS) is 1. The largest absolute Gasteiger partial charge is 0.493 e. The van der Waals surface area contributed by atoms with Crippen molar-refractivity contribution < 1.29 is 19.2 Å². The molecule has 2 N–H and O–H groups in total. The Morgan fingerprint density at radius 2 is 2.14 bits per heavy atom. The van der Waals surface area contributed by atoms with Crippen LogP contribution in [0.4, 0.5) is 16.3 Å². The van der Waals surface area contributed by atoms with Crippen LogP contribution in [-0.2, 0) is 0 Å². The third-order valence-corrected chi connectivity index (χ3v) is 5.28. The van der Waals surface area contributed by atoms with E-state index in [2.05, 4.69) is 15.5 Å². The maximum atomic E-state index is 11.0. The molecule has 1 aliphatic rings. The Balaban J connectivity index is 1.34. The summed E-state index contributed by atoms with van der Waals surface area (Å²) in [5, 5.41) is 17.2. The van der Waals surface area contributed by atoms with Gasteiger partial charge in [-0.1, -0.05) is 11.2 Å². The summed E-state index contributed by atoms with van der Waals surface area (Å²) in [6.45, 7) is 1.85. The molecule has 0 unspecified atom stereocenters. The van der Waals surface area contributed by atoms with Crippen LogP contribution in [0.5, 0.6) is 5.75 Å². The Labute approximate surface area is 168 Å². The zero-order valence-electron chi connectivity index (χ0n) is 16.1. The second-order valence-corrected chi connectivity index (χ2v) is 7.23. The summed E-state index contributed by atoms with van der Waals surface area (Å²) in [5.41, 5.74) is 1.49. The molecular weight excluding hydrogens is 372 g/mol. The molecule has 2 aromatic heterocycles. The molecule has 8 heteroatoms. The fourth-order valence-electron chi connectivity index (χ4n) is 3.71. The molecule has 0 aliphatic carbocycles. The SMILES string of the molecule is O=C(O)N1CCC(CCCOc2cccc3onc(Nc4cccnc4)c23)CC1. The summed E-state index contributed by atoms with van der Waals surface area (Å²) in [4.78, 5) is 16.6. The van der Waals surface area contributed by atoms with Crippen LogP contribution in [0, 0.1) is 5.92 Å². The molecule has 0 spiro atoms. The van der Waals surface area contributed by atoms with E-state index in [1.807, 2.05) is 30.3 Å². The molecule has 1 fully saturated rings. The summed E-state index contributed by atoms with van der Waals surface area (Å²) in [6.07, 6.45) is 6.42. The maximum absolute atomic E-state index is 11.0. The molecule has 0 radical (unpaired) electrons. The molecule has 1 saturated heterocycles. The van der Waals surface area contributed by atoms with Crippen molar-refractivity contribution in [2.24, 2.45) is 5.92 Å². The molecule has 0 atom stereocenters. The first-order chi connectivity index (χ1) is 14.2. The van der Waals surface area contributed by atoms with Crippen molar-refractivity contribution in [3.63, 3.8) is 0 Å². The van der Waals surface area contributed by atoms with Gasteiger partial charge in [0.05, 0.1) is 18.5 Å². The monoisotopic (exact) mass is 396 g/mol. The number of nitrogens with one attached hydrogen (secondary N) is 1. The molecule has 152 valence electrons. The molecule has 8 nitrogen and oxygen atoms in total. The first-order valence-electron chi connectivity index (χ1n) is 9.87. The van der Waals surface area contributed by atoms with Crippen LogP contribution in [0.1, 0.15) is 25.7 Å². The summed E-state index contributed by atoms with van der Waals surface area (Å²) in [7, 11) is 0. The molecule has 4 rings (SSSR count). The Hall–Kier alpha value is -3.29.